The predicted molar refractivity (Wildman–Crippen MR) is 102 cm³/mol. The van der Waals surface area contributed by atoms with Gasteiger partial charge in [-0.2, -0.15) is 0 Å². The molecular weight excluding hydrogens is 377 g/mol. The molecule has 9 heteroatoms. The van der Waals surface area contributed by atoms with E-state index in [0.717, 1.165) is 19.4 Å². The van der Waals surface area contributed by atoms with Crippen molar-refractivity contribution in [3.8, 4) is 0 Å². The second-order valence-corrected chi connectivity index (χ2v) is 6.15. The number of hydrogen-bond acceptors (Lipinski definition) is 5. The van der Waals surface area contributed by atoms with Gasteiger partial charge in [-0.15, -0.1) is 12.4 Å². The lowest BCUT2D eigenvalue weighted by Gasteiger charge is -2.12. The van der Waals surface area contributed by atoms with Crippen LogP contribution >= 0.6 is 24.0 Å². The summed E-state index contributed by atoms with van der Waals surface area (Å²) in [6, 6.07) is 6.92. The van der Waals surface area contributed by atoms with Crippen molar-refractivity contribution in [1.82, 2.24) is 20.6 Å². The third-order valence-electron chi connectivity index (χ3n) is 3.90. The molecule has 1 atom stereocenters. The number of amides is 2. The van der Waals surface area contributed by atoms with Crippen LogP contribution in [0.15, 0.2) is 36.7 Å². The van der Waals surface area contributed by atoms with E-state index in [-0.39, 0.29) is 29.8 Å². The summed E-state index contributed by atoms with van der Waals surface area (Å²) in [6.45, 7) is 1.45. The first-order valence-corrected chi connectivity index (χ1v) is 8.41. The molecule has 1 aliphatic heterocycles. The van der Waals surface area contributed by atoms with Crippen LogP contribution in [-0.2, 0) is 0 Å². The summed E-state index contributed by atoms with van der Waals surface area (Å²) in [5, 5.41) is 9.36. The summed E-state index contributed by atoms with van der Waals surface area (Å²) in [5.74, 6) is -0.914. The highest BCUT2D eigenvalue weighted by Gasteiger charge is 2.22. The Morgan fingerprint density at radius 1 is 1.12 bits per heavy atom. The van der Waals surface area contributed by atoms with E-state index >= 15 is 0 Å². The third-order valence-corrected chi connectivity index (χ3v) is 4.15. The number of benzene rings is 1. The standard InChI is InChI=1S/C17H18ClN5O2.ClH/c18-11-3-5-12(6-4-11)23-17(25)15-14(20-8-9-21-15)16(24)22-10-13-2-1-7-19-13;/h3-6,8-9,13,19H,1-2,7,10H2,(H,22,24)(H,23,25);1H. The Morgan fingerprint density at radius 3 is 2.38 bits per heavy atom. The Balaban J connectivity index is 0.00000243. The quantitative estimate of drug-likeness (QED) is 0.721. The topological polar surface area (TPSA) is 96.0 Å². The van der Waals surface area contributed by atoms with E-state index < -0.39 is 11.8 Å². The molecule has 1 unspecified atom stereocenters. The molecule has 3 N–H and O–H groups in total. The molecule has 1 fully saturated rings. The van der Waals surface area contributed by atoms with Crippen molar-refractivity contribution in [2.24, 2.45) is 0 Å². The van der Waals surface area contributed by atoms with Crippen LogP contribution in [0.3, 0.4) is 0 Å². The first-order chi connectivity index (χ1) is 12.1. The minimum atomic E-state index is -0.500. The van der Waals surface area contributed by atoms with Gasteiger partial charge in [-0.25, -0.2) is 9.97 Å². The number of hydrogen-bond donors (Lipinski definition) is 3. The molecule has 26 heavy (non-hydrogen) atoms. The first-order valence-electron chi connectivity index (χ1n) is 8.03. The van der Waals surface area contributed by atoms with E-state index in [9.17, 15) is 9.59 Å². The van der Waals surface area contributed by atoms with Crippen LogP contribution in [-0.4, -0.2) is 40.9 Å². The third kappa shape index (κ3) is 5.14. The molecule has 0 radical (unpaired) electrons. The van der Waals surface area contributed by atoms with Crippen LogP contribution < -0.4 is 16.0 Å². The van der Waals surface area contributed by atoms with Gasteiger partial charge in [-0.1, -0.05) is 11.6 Å². The molecule has 3 rings (SSSR count). The summed E-state index contributed by atoms with van der Waals surface area (Å²) in [7, 11) is 0. The van der Waals surface area contributed by atoms with E-state index in [0.29, 0.717) is 17.3 Å². The molecule has 1 saturated heterocycles. The maximum atomic E-state index is 12.4. The number of halogens is 2. The van der Waals surface area contributed by atoms with Crippen molar-refractivity contribution >= 4 is 41.5 Å². The molecule has 1 aliphatic rings. The monoisotopic (exact) mass is 395 g/mol. The van der Waals surface area contributed by atoms with Gasteiger partial charge >= 0.3 is 0 Å². The van der Waals surface area contributed by atoms with Gasteiger partial charge in [0.2, 0.25) is 0 Å². The van der Waals surface area contributed by atoms with Gasteiger partial charge in [0, 0.05) is 35.7 Å². The minimum absolute atomic E-state index is 0. The number of nitrogens with one attached hydrogen (secondary N) is 3. The van der Waals surface area contributed by atoms with Crippen LogP contribution in [0.25, 0.3) is 0 Å². The summed E-state index contributed by atoms with van der Waals surface area (Å²) < 4.78 is 0. The molecule has 0 bridgehead atoms. The van der Waals surface area contributed by atoms with Gasteiger partial charge in [-0.05, 0) is 43.7 Å². The highest BCUT2D eigenvalue weighted by molar-refractivity contribution is 6.30. The van der Waals surface area contributed by atoms with Gasteiger partial charge in [0.05, 0.1) is 0 Å². The highest BCUT2D eigenvalue weighted by atomic mass is 35.5. The van der Waals surface area contributed by atoms with Crippen LogP contribution in [0, 0.1) is 0 Å². The lowest BCUT2D eigenvalue weighted by molar-refractivity contribution is 0.0930. The van der Waals surface area contributed by atoms with Crippen molar-refractivity contribution in [2.45, 2.75) is 18.9 Å². The molecule has 0 aliphatic carbocycles. The fourth-order valence-corrected chi connectivity index (χ4v) is 2.75. The molecule has 2 amide bonds. The summed E-state index contributed by atoms with van der Waals surface area (Å²) >= 11 is 5.83. The fourth-order valence-electron chi connectivity index (χ4n) is 2.62. The van der Waals surface area contributed by atoms with Gasteiger partial charge in [0.1, 0.15) is 0 Å². The average molecular weight is 396 g/mol. The zero-order valence-corrected chi connectivity index (χ0v) is 15.4. The molecular formula is C17H19Cl2N5O2. The van der Waals surface area contributed by atoms with E-state index in [1.165, 1.54) is 12.4 Å². The number of carbonyl (C=O) groups is 2. The second-order valence-electron chi connectivity index (χ2n) is 5.72. The molecule has 1 aromatic heterocycles. The van der Waals surface area contributed by atoms with Gasteiger partial charge in [-0.3, -0.25) is 9.59 Å². The maximum Gasteiger partial charge on any atom is 0.276 e. The van der Waals surface area contributed by atoms with Crippen molar-refractivity contribution in [3.63, 3.8) is 0 Å². The molecule has 2 aromatic rings. The van der Waals surface area contributed by atoms with E-state index in [1.54, 1.807) is 24.3 Å². The SMILES string of the molecule is Cl.O=C(NCC1CCCN1)c1nccnc1C(=O)Nc1ccc(Cl)cc1. The molecule has 0 saturated carbocycles. The molecule has 0 spiro atoms. The molecule has 1 aromatic carbocycles. The lowest BCUT2D eigenvalue weighted by atomic mass is 10.2. The Labute approximate surface area is 162 Å². The largest absolute Gasteiger partial charge is 0.349 e. The van der Waals surface area contributed by atoms with Gasteiger partial charge < -0.3 is 16.0 Å². The zero-order valence-electron chi connectivity index (χ0n) is 13.9. The van der Waals surface area contributed by atoms with Crippen LogP contribution in [0.1, 0.15) is 33.8 Å². The summed E-state index contributed by atoms with van der Waals surface area (Å²) in [5.41, 5.74) is 0.544. The summed E-state index contributed by atoms with van der Waals surface area (Å²) in [4.78, 5) is 32.9. The van der Waals surface area contributed by atoms with Crippen LogP contribution in [0.4, 0.5) is 5.69 Å². The minimum Gasteiger partial charge on any atom is -0.349 e. The van der Waals surface area contributed by atoms with Gasteiger partial charge in [0.25, 0.3) is 11.8 Å². The van der Waals surface area contributed by atoms with Crippen LogP contribution in [0.5, 0.6) is 0 Å². The predicted octanol–water partition coefficient (Wildman–Crippen LogP) is 2.29. The van der Waals surface area contributed by atoms with Crippen LogP contribution in [0.2, 0.25) is 5.02 Å². The summed E-state index contributed by atoms with van der Waals surface area (Å²) in [6.07, 6.45) is 4.89. The maximum absolute atomic E-state index is 12.4. The smallest absolute Gasteiger partial charge is 0.276 e. The number of nitrogens with zero attached hydrogens (tertiary/aromatic N) is 2. The average Bonchev–Trinajstić information content (AvgIpc) is 3.15. The fraction of sp³-hybridized carbons (Fsp3) is 0.294. The van der Waals surface area contributed by atoms with Crippen molar-refractivity contribution in [3.05, 3.63) is 53.1 Å². The Bertz CT molecular complexity index is 764. The number of aromatic nitrogens is 2. The Kier molecular flexibility index (Phi) is 7.32. The second kappa shape index (κ2) is 9.47. The number of carbonyl (C=O) groups excluding carboxylic acids is 2. The van der Waals surface area contributed by atoms with Crippen molar-refractivity contribution < 1.29 is 9.59 Å². The van der Waals surface area contributed by atoms with E-state index in [2.05, 4.69) is 25.9 Å². The number of rotatable bonds is 5. The normalized spacial score (nSPS) is 15.8. The number of anilines is 1. The van der Waals surface area contributed by atoms with E-state index in [4.69, 9.17) is 11.6 Å². The lowest BCUT2D eigenvalue weighted by Crippen LogP contribution is -2.38. The first kappa shape index (κ1) is 20.1. The van der Waals surface area contributed by atoms with E-state index in [1.807, 2.05) is 0 Å². The molecule has 138 valence electrons. The molecule has 7 nitrogen and oxygen atoms in total. The highest BCUT2D eigenvalue weighted by Crippen LogP contribution is 2.14. The molecule has 2 heterocycles. The van der Waals surface area contributed by atoms with Crippen molar-refractivity contribution in [1.29, 1.82) is 0 Å². The Hall–Kier alpha value is -2.22. The van der Waals surface area contributed by atoms with Crippen molar-refractivity contribution in [2.75, 3.05) is 18.4 Å². The zero-order chi connectivity index (χ0) is 17.6. The Morgan fingerprint density at radius 2 is 1.77 bits per heavy atom. The van der Waals surface area contributed by atoms with Gasteiger partial charge in [0.15, 0.2) is 11.4 Å².